The molecule has 8 heteroatoms. The van der Waals surface area contributed by atoms with Crippen molar-refractivity contribution in [2.75, 3.05) is 31.7 Å². The van der Waals surface area contributed by atoms with Gasteiger partial charge in [-0.25, -0.2) is 9.07 Å². The number of amides is 1. The number of hydrogen-bond acceptors (Lipinski definition) is 5. The molecular formula is C24H26FN3O3S. The van der Waals surface area contributed by atoms with Gasteiger partial charge in [-0.05, 0) is 61.9 Å². The van der Waals surface area contributed by atoms with Gasteiger partial charge in [0.2, 0.25) is 11.8 Å². The Kier molecular flexibility index (Phi) is 6.99. The van der Waals surface area contributed by atoms with Crippen LogP contribution in [0.5, 0.6) is 17.4 Å². The third-order valence-corrected chi connectivity index (χ3v) is 6.38. The van der Waals surface area contributed by atoms with Crippen molar-refractivity contribution in [2.45, 2.75) is 19.8 Å². The molecule has 2 aromatic carbocycles. The Labute approximate surface area is 191 Å². The van der Waals surface area contributed by atoms with Gasteiger partial charge in [0, 0.05) is 36.6 Å². The Morgan fingerprint density at radius 3 is 2.38 bits per heavy atom. The van der Waals surface area contributed by atoms with Gasteiger partial charge in [-0.2, -0.15) is 16.9 Å². The summed E-state index contributed by atoms with van der Waals surface area (Å²) in [6.45, 7) is 3.50. The maximum Gasteiger partial charge on any atom is 0.226 e. The minimum absolute atomic E-state index is 0.148. The zero-order chi connectivity index (χ0) is 22.5. The summed E-state index contributed by atoms with van der Waals surface area (Å²) in [6, 6.07) is 13.4. The van der Waals surface area contributed by atoms with Gasteiger partial charge in [0.25, 0.3) is 0 Å². The van der Waals surface area contributed by atoms with Crippen LogP contribution in [0.25, 0.3) is 5.69 Å². The molecule has 0 unspecified atom stereocenters. The highest BCUT2D eigenvalue weighted by molar-refractivity contribution is 7.99. The number of aryl methyl sites for hydroxylation is 1. The fraction of sp³-hybridized carbons (Fsp3) is 0.333. The van der Waals surface area contributed by atoms with Crippen molar-refractivity contribution in [3.05, 3.63) is 65.6 Å². The number of thioether (sulfide) groups is 1. The summed E-state index contributed by atoms with van der Waals surface area (Å²) in [7, 11) is 1.61. The van der Waals surface area contributed by atoms with Crippen LogP contribution in [0.3, 0.4) is 0 Å². The van der Waals surface area contributed by atoms with E-state index in [4.69, 9.17) is 9.47 Å². The molecule has 0 atom stereocenters. The van der Waals surface area contributed by atoms with E-state index < -0.39 is 0 Å². The second kappa shape index (κ2) is 10.1. The highest BCUT2D eigenvalue weighted by Crippen LogP contribution is 2.32. The molecule has 1 aliphatic rings. The van der Waals surface area contributed by atoms with Crippen LogP contribution >= 0.6 is 11.8 Å². The van der Waals surface area contributed by atoms with Gasteiger partial charge < -0.3 is 14.4 Å². The van der Waals surface area contributed by atoms with Crippen molar-refractivity contribution in [2.24, 2.45) is 0 Å². The van der Waals surface area contributed by atoms with E-state index in [0.717, 1.165) is 41.6 Å². The number of methoxy groups -OCH3 is 1. The first-order valence-corrected chi connectivity index (χ1v) is 11.7. The van der Waals surface area contributed by atoms with E-state index in [1.54, 1.807) is 23.9 Å². The summed E-state index contributed by atoms with van der Waals surface area (Å²) in [5.74, 6) is 3.68. The van der Waals surface area contributed by atoms with Gasteiger partial charge in [0.1, 0.15) is 17.3 Å². The lowest BCUT2D eigenvalue weighted by atomic mass is 10.1. The standard InChI is InChI=1S/C24H26FN3O3S/c1-17-22(11-12-23(29)27-13-15-32-16-14-27)24(31-21-9-7-20(30-2)8-10-21)28(26-17)19-5-3-18(25)4-6-19/h3-10H,11-16H2,1-2H3. The number of nitrogens with zero attached hydrogens (tertiary/aromatic N) is 3. The molecule has 0 aliphatic carbocycles. The molecule has 0 radical (unpaired) electrons. The third kappa shape index (κ3) is 5.07. The number of hydrogen-bond donors (Lipinski definition) is 0. The van der Waals surface area contributed by atoms with E-state index in [0.29, 0.717) is 30.2 Å². The Morgan fingerprint density at radius 1 is 1.06 bits per heavy atom. The largest absolute Gasteiger partial charge is 0.497 e. The third-order valence-electron chi connectivity index (χ3n) is 5.44. The van der Waals surface area contributed by atoms with Gasteiger partial charge in [-0.1, -0.05) is 0 Å². The quantitative estimate of drug-likeness (QED) is 0.520. The average Bonchev–Trinajstić information content (AvgIpc) is 3.13. The van der Waals surface area contributed by atoms with Gasteiger partial charge in [0.05, 0.1) is 18.5 Å². The lowest BCUT2D eigenvalue weighted by molar-refractivity contribution is -0.130. The minimum Gasteiger partial charge on any atom is -0.497 e. The van der Waals surface area contributed by atoms with E-state index in [1.165, 1.54) is 12.1 Å². The second-order valence-electron chi connectivity index (χ2n) is 7.53. The van der Waals surface area contributed by atoms with Crippen LogP contribution in [0, 0.1) is 12.7 Å². The molecule has 1 aromatic heterocycles. The zero-order valence-electron chi connectivity index (χ0n) is 18.2. The molecule has 32 heavy (non-hydrogen) atoms. The molecule has 0 spiro atoms. The lowest BCUT2D eigenvalue weighted by Gasteiger charge is -2.26. The molecule has 6 nitrogen and oxygen atoms in total. The van der Waals surface area contributed by atoms with E-state index in [9.17, 15) is 9.18 Å². The normalized spacial score (nSPS) is 13.8. The van der Waals surface area contributed by atoms with Crippen LogP contribution in [0.1, 0.15) is 17.7 Å². The Balaban J connectivity index is 1.63. The van der Waals surface area contributed by atoms with E-state index in [-0.39, 0.29) is 11.7 Å². The number of aromatic nitrogens is 2. The van der Waals surface area contributed by atoms with Crippen molar-refractivity contribution in [1.29, 1.82) is 0 Å². The van der Waals surface area contributed by atoms with Crippen molar-refractivity contribution in [3.63, 3.8) is 0 Å². The summed E-state index contributed by atoms with van der Waals surface area (Å²) >= 11 is 1.88. The van der Waals surface area contributed by atoms with Gasteiger partial charge in [0.15, 0.2) is 0 Å². The van der Waals surface area contributed by atoms with Crippen molar-refractivity contribution in [1.82, 2.24) is 14.7 Å². The molecule has 0 bridgehead atoms. The molecule has 0 N–H and O–H groups in total. The van der Waals surface area contributed by atoms with E-state index in [2.05, 4.69) is 5.10 Å². The topological polar surface area (TPSA) is 56.6 Å². The molecule has 1 amide bonds. The number of benzene rings is 2. The number of halogens is 1. The Hall–Kier alpha value is -3.00. The summed E-state index contributed by atoms with van der Waals surface area (Å²) < 4.78 is 26.6. The number of rotatable bonds is 7. The van der Waals surface area contributed by atoms with Crippen LogP contribution in [0.2, 0.25) is 0 Å². The smallest absolute Gasteiger partial charge is 0.226 e. The zero-order valence-corrected chi connectivity index (χ0v) is 19.0. The molecule has 0 saturated carbocycles. The maximum absolute atomic E-state index is 13.5. The fourth-order valence-electron chi connectivity index (χ4n) is 3.65. The Morgan fingerprint density at radius 2 is 1.72 bits per heavy atom. The van der Waals surface area contributed by atoms with Crippen molar-refractivity contribution >= 4 is 17.7 Å². The second-order valence-corrected chi connectivity index (χ2v) is 8.75. The first-order valence-electron chi connectivity index (χ1n) is 10.6. The van der Waals surface area contributed by atoms with Crippen molar-refractivity contribution in [3.8, 4) is 23.1 Å². The first-order chi connectivity index (χ1) is 15.5. The highest BCUT2D eigenvalue weighted by atomic mass is 32.2. The molecule has 4 rings (SSSR count). The summed E-state index contributed by atoms with van der Waals surface area (Å²) in [4.78, 5) is 14.7. The van der Waals surface area contributed by atoms with Crippen LogP contribution in [0.15, 0.2) is 48.5 Å². The van der Waals surface area contributed by atoms with E-state index in [1.807, 2.05) is 47.9 Å². The highest BCUT2D eigenvalue weighted by Gasteiger charge is 2.22. The molecular weight excluding hydrogens is 429 g/mol. The van der Waals surface area contributed by atoms with Gasteiger partial charge >= 0.3 is 0 Å². The fourth-order valence-corrected chi connectivity index (χ4v) is 4.55. The lowest BCUT2D eigenvalue weighted by Crippen LogP contribution is -2.38. The van der Waals surface area contributed by atoms with Gasteiger partial charge in [-0.15, -0.1) is 0 Å². The maximum atomic E-state index is 13.5. The minimum atomic E-state index is -0.319. The molecule has 1 fully saturated rings. The van der Waals surface area contributed by atoms with Crippen LogP contribution in [-0.2, 0) is 11.2 Å². The summed E-state index contributed by atoms with van der Waals surface area (Å²) in [5, 5.41) is 4.65. The molecule has 2 heterocycles. The predicted molar refractivity (Wildman–Crippen MR) is 124 cm³/mol. The van der Waals surface area contributed by atoms with Crippen LogP contribution in [0.4, 0.5) is 4.39 Å². The number of ether oxygens (including phenoxy) is 2. The van der Waals surface area contributed by atoms with Crippen LogP contribution < -0.4 is 9.47 Å². The molecule has 1 aliphatic heterocycles. The predicted octanol–water partition coefficient (Wildman–Crippen LogP) is 4.63. The average molecular weight is 456 g/mol. The molecule has 3 aromatic rings. The number of carbonyl (C=O) groups is 1. The molecule has 1 saturated heterocycles. The first kappa shape index (κ1) is 22.2. The Bertz CT molecular complexity index is 1060. The monoisotopic (exact) mass is 455 g/mol. The number of carbonyl (C=O) groups excluding carboxylic acids is 1. The summed E-state index contributed by atoms with van der Waals surface area (Å²) in [5.41, 5.74) is 2.33. The molecule has 168 valence electrons. The van der Waals surface area contributed by atoms with Crippen LogP contribution in [-0.4, -0.2) is 52.3 Å². The van der Waals surface area contributed by atoms with E-state index >= 15 is 0 Å². The van der Waals surface area contributed by atoms with Crippen molar-refractivity contribution < 1.29 is 18.7 Å². The SMILES string of the molecule is COc1ccc(Oc2c(CCC(=O)N3CCSCC3)c(C)nn2-c2ccc(F)cc2)cc1. The summed E-state index contributed by atoms with van der Waals surface area (Å²) in [6.07, 6.45) is 0.903. The van der Waals surface area contributed by atoms with Gasteiger partial charge in [-0.3, -0.25) is 4.79 Å².